The SMILES string of the molecule is [B]c1cc2c(cc1OC)CCNCC2CO. The lowest BCUT2D eigenvalue weighted by atomic mass is 9.86. The zero-order valence-electron chi connectivity index (χ0n) is 9.49. The lowest BCUT2D eigenvalue weighted by Crippen LogP contribution is -2.22. The number of aliphatic hydroxyl groups is 1. The van der Waals surface area contributed by atoms with Crippen LogP contribution >= 0.6 is 0 Å². The molecule has 1 heterocycles. The highest BCUT2D eigenvalue weighted by atomic mass is 16.5. The molecular formula is C12H16BNO2. The molecule has 1 unspecified atom stereocenters. The number of aliphatic hydroxyl groups excluding tert-OH is 1. The summed E-state index contributed by atoms with van der Waals surface area (Å²) in [7, 11) is 7.52. The fourth-order valence-corrected chi connectivity index (χ4v) is 2.20. The van der Waals surface area contributed by atoms with Crippen molar-refractivity contribution in [3.05, 3.63) is 23.3 Å². The number of fused-ring (bicyclic) bond motifs is 1. The van der Waals surface area contributed by atoms with Crippen molar-refractivity contribution < 1.29 is 9.84 Å². The average Bonchev–Trinajstić information content (AvgIpc) is 2.49. The molecule has 0 amide bonds. The van der Waals surface area contributed by atoms with Crippen molar-refractivity contribution in [1.82, 2.24) is 5.32 Å². The number of benzene rings is 1. The molecule has 0 saturated heterocycles. The summed E-state index contributed by atoms with van der Waals surface area (Å²) in [6.07, 6.45) is 0.947. The second-order valence-corrected chi connectivity index (χ2v) is 4.13. The Morgan fingerprint density at radius 2 is 2.38 bits per heavy atom. The monoisotopic (exact) mass is 217 g/mol. The third-order valence-electron chi connectivity index (χ3n) is 3.11. The fourth-order valence-electron chi connectivity index (χ4n) is 2.20. The van der Waals surface area contributed by atoms with Gasteiger partial charge in [0.2, 0.25) is 0 Å². The van der Waals surface area contributed by atoms with Crippen LogP contribution in [-0.2, 0) is 6.42 Å². The van der Waals surface area contributed by atoms with E-state index in [1.54, 1.807) is 7.11 Å². The van der Waals surface area contributed by atoms with E-state index in [-0.39, 0.29) is 12.5 Å². The molecule has 0 bridgehead atoms. The molecule has 2 N–H and O–H groups in total. The van der Waals surface area contributed by atoms with Gasteiger partial charge in [0.05, 0.1) is 13.7 Å². The van der Waals surface area contributed by atoms with Gasteiger partial charge in [-0.2, -0.15) is 0 Å². The third-order valence-corrected chi connectivity index (χ3v) is 3.11. The Kier molecular flexibility index (Phi) is 3.51. The number of methoxy groups -OCH3 is 1. The average molecular weight is 217 g/mol. The molecule has 1 aromatic carbocycles. The Balaban J connectivity index is 2.45. The second-order valence-electron chi connectivity index (χ2n) is 4.13. The molecule has 2 radical (unpaired) electrons. The molecule has 0 saturated carbocycles. The van der Waals surface area contributed by atoms with Gasteiger partial charge in [-0.25, -0.2) is 0 Å². The molecule has 0 aromatic heterocycles. The number of hydrogen-bond donors (Lipinski definition) is 2. The van der Waals surface area contributed by atoms with Crippen molar-refractivity contribution in [2.45, 2.75) is 12.3 Å². The van der Waals surface area contributed by atoms with Gasteiger partial charge in [0.1, 0.15) is 13.6 Å². The van der Waals surface area contributed by atoms with E-state index >= 15 is 0 Å². The van der Waals surface area contributed by atoms with E-state index in [1.165, 1.54) is 5.56 Å². The Morgan fingerprint density at radius 3 is 3.06 bits per heavy atom. The lowest BCUT2D eigenvalue weighted by molar-refractivity contribution is 0.263. The summed E-state index contributed by atoms with van der Waals surface area (Å²) in [6.45, 7) is 1.87. The van der Waals surface area contributed by atoms with E-state index in [0.29, 0.717) is 5.46 Å². The lowest BCUT2D eigenvalue weighted by Gasteiger charge is -2.17. The molecule has 84 valence electrons. The first-order valence-corrected chi connectivity index (χ1v) is 5.54. The maximum absolute atomic E-state index is 9.37. The molecule has 4 heteroatoms. The van der Waals surface area contributed by atoms with E-state index in [1.807, 2.05) is 12.1 Å². The van der Waals surface area contributed by atoms with E-state index in [0.717, 1.165) is 30.8 Å². The summed E-state index contributed by atoms with van der Waals surface area (Å²) in [5.41, 5.74) is 3.00. The zero-order chi connectivity index (χ0) is 11.5. The van der Waals surface area contributed by atoms with Crippen LogP contribution in [-0.4, -0.2) is 39.8 Å². The van der Waals surface area contributed by atoms with Gasteiger partial charge in [-0.05, 0) is 30.2 Å². The number of ether oxygens (including phenoxy) is 1. The van der Waals surface area contributed by atoms with Crippen molar-refractivity contribution in [3.63, 3.8) is 0 Å². The summed E-state index contributed by atoms with van der Waals surface area (Å²) in [5, 5.41) is 12.7. The quantitative estimate of drug-likeness (QED) is 0.669. The smallest absolute Gasteiger partial charge is 0.119 e. The standard InChI is InChI=1S/C12H16BNO2/c1-16-12-4-8-2-3-14-6-9(7-15)10(8)5-11(12)13/h4-5,9,14-15H,2-3,6-7H2,1H3. The number of nitrogens with one attached hydrogen (secondary N) is 1. The zero-order valence-corrected chi connectivity index (χ0v) is 9.49. The molecule has 1 atom stereocenters. The molecule has 0 spiro atoms. The Morgan fingerprint density at radius 1 is 1.56 bits per heavy atom. The summed E-state index contributed by atoms with van der Waals surface area (Å²) >= 11 is 0. The van der Waals surface area contributed by atoms with Gasteiger partial charge >= 0.3 is 0 Å². The van der Waals surface area contributed by atoms with Gasteiger partial charge in [0.25, 0.3) is 0 Å². The number of hydrogen-bond acceptors (Lipinski definition) is 3. The topological polar surface area (TPSA) is 41.5 Å². The van der Waals surface area contributed by atoms with Crippen LogP contribution < -0.4 is 15.5 Å². The predicted octanol–water partition coefficient (Wildman–Crippen LogP) is -0.289. The highest BCUT2D eigenvalue weighted by Crippen LogP contribution is 2.24. The minimum atomic E-state index is 0.130. The molecule has 1 aromatic rings. The second kappa shape index (κ2) is 4.89. The van der Waals surface area contributed by atoms with E-state index in [4.69, 9.17) is 12.6 Å². The van der Waals surface area contributed by atoms with Gasteiger partial charge in [-0.1, -0.05) is 11.5 Å². The minimum absolute atomic E-state index is 0.130. The van der Waals surface area contributed by atoms with E-state index in [2.05, 4.69) is 5.32 Å². The van der Waals surface area contributed by atoms with Crippen molar-refractivity contribution in [2.24, 2.45) is 0 Å². The van der Waals surface area contributed by atoms with Gasteiger partial charge < -0.3 is 15.2 Å². The van der Waals surface area contributed by atoms with Gasteiger partial charge in [-0.3, -0.25) is 0 Å². The van der Waals surface area contributed by atoms with Crippen molar-refractivity contribution in [1.29, 1.82) is 0 Å². The highest BCUT2D eigenvalue weighted by molar-refractivity contribution is 6.34. The first-order valence-electron chi connectivity index (χ1n) is 5.54. The van der Waals surface area contributed by atoms with Crippen LogP contribution in [0.2, 0.25) is 0 Å². The summed E-state index contributed by atoms with van der Waals surface area (Å²) in [5.74, 6) is 0.850. The molecule has 0 fully saturated rings. The van der Waals surface area contributed by atoms with E-state index in [9.17, 15) is 5.11 Å². The van der Waals surface area contributed by atoms with Gasteiger partial charge in [-0.15, -0.1) is 0 Å². The summed E-state index contributed by atoms with van der Waals surface area (Å²) in [6, 6.07) is 3.92. The maximum atomic E-state index is 9.37. The van der Waals surface area contributed by atoms with E-state index < -0.39 is 0 Å². The molecule has 1 aliphatic heterocycles. The van der Waals surface area contributed by atoms with Gasteiger partial charge in [0, 0.05) is 12.5 Å². The first-order chi connectivity index (χ1) is 7.76. The fraction of sp³-hybridized carbons (Fsp3) is 0.500. The third kappa shape index (κ3) is 2.08. The molecule has 0 aliphatic carbocycles. The van der Waals surface area contributed by atoms with Crippen molar-refractivity contribution in [3.8, 4) is 5.75 Å². The van der Waals surface area contributed by atoms with Crippen molar-refractivity contribution >= 4 is 13.3 Å². The molecule has 16 heavy (non-hydrogen) atoms. The Bertz CT molecular complexity index is 382. The first kappa shape index (κ1) is 11.5. The summed E-state index contributed by atoms with van der Waals surface area (Å²) in [4.78, 5) is 0. The van der Waals surface area contributed by atoms with Crippen LogP contribution in [0.15, 0.2) is 12.1 Å². The molecular weight excluding hydrogens is 201 g/mol. The van der Waals surface area contributed by atoms with Crippen LogP contribution in [0, 0.1) is 0 Å². The predicted molar refractivity (Wildman–Crippen MR) is 64.8 cm³/mol. The van der Waals surface area contributed by atoms with Crippen LogP contribution in [0.3, 0.4) is 0 Å². The molecule has 1 aliphatic rings. The largest absolute Gasteiger partial charge is 0.497 e. The maximum Gasteiger partial charge on any atom is 0.119 e. The van der Waals surface area contributed by atoms with Gasteiger partial charge in [0.15, 0.2) is 0 Å². The van der Waals surface area contributed by atoms with Crippen LogP contribution in [0.5, 0.6) is 5.75 Å². The summed E-state index contributed by atoms with van der Waals surface area (Å²) < 4.78 is 5.21. The van der Waals surface area contributed by atoms with Crippen LogP contribution in [0.25, 0.3) is 0 Å². The van der Waals surface area contributed by atoms with Crippen LogP contribution in [0.1, 0.15) is 17.0 Å². The van der Waals surface area contributed by atoms with Crippen molar-refractivity contribution in [2.75, 3.05) is 26.8 Å². The Hall–Kier alpha value is -0.995. The molecule has 3 nitrogen and oxygen atoms in total. The highest BCUT2D eigenvalue weighted by Gasteiger charge is 2.19. The van der Waals surface area contributed by atoms with Crippen LogP contribution in [0.4, 0.5) is 0 Å². The Labute approximate surface area is 97.2 Å². The number of rotatable bonds is 2. The minimum Gasteiger partial charge on any atom is -0.497 e. The molecule has 2 rings (SSSR count). The normalized spacial score (nSPS) is 20.0.